The van der Waals surface area contributed by atoms with Crippen molar-refractivity contribution in [2.45, 2.75) is 13.0 Å². The van der Waals surface area contributed by atoms with E-state index < -0.39 is 0 Å². The summed E-state index contributed by atoms with van der Waals surface area (Å²) in [6.07, 6.45) is 14.4. The molecule has 1 unspecified atom stereocenters. The molecule has 1 atom stereocenters. The SMILES string of the molecule is Cc1ccc(C(N)c2ccc(C3=C/C=C\C=C/C=C\3)cc2)cc1. The van der Waals surface area contributed by atoms with Gasteiger partial charge in [0.25, 0.3) is 0 Å². The Morgan fingerprint density at radius 1 is 0.696 bits per heavy atom. The Labute approximate surface area is 138 Å². The van der Waals surface area contributed by atoms with Crippen LogP contribution in [-0.4, -0.2) is 0 Å². The maximum absolute atomic E-state index is 6.39. The predicted octanol–water partition coefficient (Wildman–Crippen LogP) is 5.11. The summed E-state index contributed by atoms with van der Waals surface area (Å²) in [5, 5.41) is 0. The van der Waals surface area contributed by atoms with Crippen molar-refractivity contribution in [3.8, 4) is 0 Å². The lowest BCUT2D eigenvalue weighted by Gasteiger charge is -2.14. The number of benzene rings is 2. The third kappa shape index (κ3) is 3.77. The number of hydrogen-bond acceptors (Lipinski definition) is 1. The van der Waals surface area contributed by atoms with Crippen LogP contribution in [0.15, 0.2) is 91.1 Å². The molecule has 0 saturated heterocycles. The van der Waals surface area contributed by atoms with Gasteiger partial charge in [0.1, 0.15) is 0 Å². The first kappa shape index (κ1) is 15.3. The van der Waals surface area contributed by atoms with Crippen LogP contribution in [0.5, 0.6) is 0 Å². The summed E-state index contributed by atoms with van der Waals surface area (Å²) < 4.78 is 0. The number of aryl methyl sites for hydroxylation is 1. The van der Waals surface area contributed by atoms with Crippen LogP contribution in [0.3, 0.4) is 0 Å². The Morgan fingerprint density at radius 3 is 1.96 bits per heavy atom. The molecule has 0 bridgehead atoms. The molecule has 1 heteroatoms. The average molecular weight is 299 g/mol. The van der Waals surface area contributed by atoms with Crippen molar-refractivity contribution < 1.29 is 0 Å². The minimum Gasteiger partial charge on any atom is -0.320 e. The first-order valence-corrected chi connectivity index (χ1v) is 7.88. The van der Waals surface area contributed by atoms with Crippen LogP contribution in [-0.2, 0) is 0 Å². The van der Waals surface area contributed by atoms with Gasteiger partial charge >= 0.3 is 0 Å². The second-order valence-corrected chi connectivity index (χ2v) is 5.76. The molecule has 0 fully saturated rings. The maximum atomic E-state index is 6.39. The Kier molecular flexibility index (Phi) is 4.70. The molecule has 2 aromatic carbocycles. The van der Waals surface area contributed by atoms with Crippen LogP contribution in [0.1, 0.15) is 28.3 Å². The van der Waals surface area contributed by atoms with E-state index in [-0.39, 0.29) is 6.04 Å². The number of nitrogens with two attached hydrogens (primary N) is 1. The van der Waals surface area contributed by atoms with Crippen molar-refractivity contribution in [3.63, 3.8) is 0 Å². The third-order valence-electron chi connectivity index (χ3n) is 4.04. The van der Waals surface area contributed by atoms with Gasteiger partial charge in [0.15, 0.2) is 0 Å². The predicted molar refractivity (Wildman–Crippen MR) is 99.0 cm³/mol. The topological polar surface area (TPSA) is 26.0 Å². The molecule has 0 saturated carbocycles. The second-order valence-electron chi connectivity index (χ2n) is 5.76. The second kappa shape index (κ2) is 7.08. The van der Waals surface area contributed by atoms with E-state index >= 15 is 0 Å². The molecule has 0 amide bonds. The lowest BCUT2D eigenvalue weighted by atomic mass is 9.96. The number of rotatable bonds is 3. The highest BCUT2D eigenvalue weighted by Gasteiger charge is 2.09. The highest BCUT2D eigenvalue weighted by atomic mass is 14.6. The van der Waals surface area contributed by atoms with E-state index in [4.69, 9.17) is 5.73 Å². The molecule has 1 nitrogen and oxygen atoms in total. The molecule has 2 N–H and O–H groups in total. The monoisotopic (exact) mass is 299 g/mol. The standard InChI is InChI=1S/C22H21N/c1-17-9-11-20(12-10-17)22(23)21-15-13-19(14-16-21)18-7-5-3-2-4-6-8-18/h2-16,22H,23H2,1H3/b3-2-,4-2?,5-3?,6-4-,7-5-,8-6?,18-7?,18-8+. The normalized spacial score (nSPS) is 21.4. The van der Waals surface area contributed by atoms with Gasteiger partial charge < -0.3 is 5.73 Å². The molecule has 0 radical (unpaired) electrons. The van der Waals surface area contributed by atoms with Gasteiger partial charge in [0, 0.05) is 0 Å². The quantitative estimate of drug-likeness (QED) is 0.837. The molecule has 0 aromatic heterocycles. The third-order valence-corrected chi connectivity index (χ3v) is 4.04. The van der Waals surface area contributed by atoms with Gasteiger partial charge in [-0.1, -0.05) is 96.6 Å². The Hall–Kier alpha value is -2.64. The van der Waals surface area contributed by atoms with Crippen molar-refractivity contribution in [1.82, 2.24) is 0 Å². The number of allylic oxidation sites excluding steroid dienone is 8. The summed E-state index contributed by atoms with van der Waals surface area (Å²) in [6.45, 7) is 2.09. The summed E-state index contributed by atoms with van der Waals surface area (Å²) in [7, 11) is 0. The molecule has 1 aliphatic rings. The number of hydrogen-bond donors (Lipinski definition) is 1. The Morgan fingerprint density at radius 2 is 1.26 bits per heavy atom. The van der Waals surface area contributed by atoms with Crippen molar-refractivity contribution >= 4 is 5.57 Å². The van der Waals surface area contributed by atoms with Gasteiger partial charge in [-0.3, -0.25) is 0 Å². The van der Waals surface area contributed by atoms with E-state index in [2.05, 4.69) is 79.8 Å². The molecule has 2 aromatic rings. The van der Waals surface area contributed by atoms with E-state index in [0.717, 1.165) is 11.1 Å². The van der Waals surface area contributed by atoms with E-state index in [1.165, 1.54) is 16.7 Å². The zero-order valence-electron chi connectivity index (χ0n) is 13.3. The molecule has 0 heterocycles. The summed E-state index contributed by atoms with van der Waals surface area (Å²) >= 11 is 0. The Balaban J connectivity index is 1.83. The average Bonchev–Trinajstić information content (AvgIpc) is 2.55. The van der Waals surface area contributed by atoms with Crippen LogP contribution in [0.2, 0.25) is 0 Å². The first-order chi connectivity index (χ1) is 11.2. The van der Waals surface area contributed by atoms with Crippen LogP contribution in [0, 0.1) is 6.92 Å². The highest BCUT2D eigenvalue weighted by Crippen LogP contribution is 2.23. The zero-order chi connectivity index (χ0) is 16.1. The van der Waals surface area contributed by atoms with Gasteiger partial charge in [-0.05, 0) is 29.2 Å². The van der Waals surface area contributed by atoms with Crippen molar-refractivity contribution in [3.05, 3.63) is 113 Å². The lowest BCUT2D eigenvalue weighted by molar-refractivity contribution is 0.870. The van der Waals surface area contributed by atoms with Crippen molar-refractivity contribution in [2.24, 2.45) is 5.73 Å². The summed E-state index contributed by atoms with van der Waals surface area (Å²) in [5.74, 6) is 0. The van der Waals surface area contributed by atoms with Crippen LogP contribution < -0.4 is 5.73 Å². The van der Waals surface area contributed by atoms with Crippen LogP contribution >= 0.6 is 0 Å². The molecule has 1 aliphatic carbocycles. The molecular weight excluding hydrogens is 278 g/mol. The fraction of sp³-hybridized carbons (Fsp3) is 0.0909. The fourth-order valence-electron chi connectivity index (χ4n) is 2.61. The molecule has 0 aliphatic heterocycles. The Bertz CT molecular complexity index is 772. The van der Waals surface area contributed by atoms with Gasteiger partial charge in [-0.25, -0.2) is 0 Å². The summed E-state index contributed by atoms with van der Waals surface area (Å²) in [5.41, 5.74) is 12.3. The molecule has 3 rings (SSSR count). The highest BCUT2D eigenvalue weighted by molar-refractivity contribution is 5.76. The van der Waals surface area contributed by atoms with Crippen LogP contribution in [0.4, 0.5) is 0 Å². The largest absolute Gasteiger partial charge is 0.320 e. The molecular formula is C22H21N. The molecule has 23 heavy (non-hydrogen) atoms. The van der Waals surface area contributed by atoms with E-state index in [0.29, 0.717) is 0 Å². The maximum Gasteiger partial charge on any atom is 0.0551 e. The van der Waals surface area contributed by atoms with Crippen molar-refractivity contribution in [2.75, 3.05) is 0 Å². The van der Waals surface area contributed by atoms with Crippen LogP contribution in [0.25, 0.3) is 5.57 Å². The van der Waals surface area contributed by atoms with Crippen molar-refractivity contribution in [1.29, 1.82) is 0 Å². The fourth-order valence-corrected chi connectivity index (χ4v) is 2.61. The van der Waals surface area contributed by atoms with Gasteiger partial charge in [0.2, 0.25) is 0 Å². The minimum absolute atomic E-state index is 0.0886. The lowest BCUT2D eigenvalue weighted by Crippen LogP contribution is -2.11. The summed E-state index contributed by atoms with van der Waals surface area (Å²) in [4.78, 5) is 0. The van der Waals surface area contributed by atoms with Gasteiger partial charge in [-0.15, -0.1) is 0 Å². The molecule has 114 valence electrons. The van der Waals surface area contributed by atoms with Gasteiger partial charge in [-0.2, -0.15) is 0 Å². The van der Waals surface area contributed by atoms with E-state index in [1.54, 1.807) is 0 Å². The van der Waals surface area contributed by atoms with E-state index in [9.17, 15) is 0 Å². The molecule has 0 spiro atoms. The van der Waals surface area contributed by atoms with Gasteiger partial charge in [0.05, 0.1) is 6.04 Å². The first-order valence-electron chi connectivity index (χ1n) is 7.88. The van der Waals surface area contributed by atoms with E-state index in [1.807, 2.05) is 18.2 Å². The smallest absolute Gasteiger partial charge is 0.0551 e. The minimum atomic E-state index is -0.0886. The summed E-state index contributed by atoms with van der Waals surface area (Å²) in [6, 6.07) is 16.8. The zero-order valence-corrected chi connectivity index (χ0v) is 13.3.